The molecule has 0 fully saturated rings. The first-order valence-corrected chi connectivity index (χ1v) is 9.49. The number of nitrogens with one attached hydrogen (secondary N) is 1. The van der Waals surface area contributed by atoms with Crippen molar-refractivity contribution in [3.63, 3.8) is 0 Å². The minimum Gasteiger partial charge on any atom is -0.487 e. The average molecular weight is 367 g/mol. The van der Waals surface area contributed by atoms with Gasteiger partial charge in [-0.25, -0.2) is 0 Å². The van der Waals surface area contributed by atoms with Gasteiger partial charge >= 0.3 is 0 Å². The van der Waals surface area contributed by atoms with Crippen LogP contribution >= 0.6 is 0 Å². The number of carbonyl (C=O) groups is 1. The van der Waals surface area contributed by atoms with E-state index in [0.29, 0.717) is 6.42 Å². The minimum atomic E-state index is -0.581. The lowest BCUT2D eigenvalue weighted by Gasteiger charge is -2.38. The van der Waals surface area contributed by atoms with E-state index in [1.54, 1.807) is 6.92 Å². The highest BCUT2D eigenvalue weighted by molar-refractivity contribution is 5.81. The van der Waals surface area contributed by atoms with Crippen molar-refractivity contribution in [2.45, 2.75) is 65.7 Å². The van der Waals surface area contributed by atoms with E-state index in [-0.39, 0.29) is 17.6 Å². The Balaban J connectivity index is 1.75. The fourth-order valence-electron chi connectivity index (χ4n) is 3.59. The normalized spacial score (nSPS) is 18.8. The summed E-state index contributed by atoms with van der Waals surface area (Å²) >= 11 is 0. The van der Waals surface area contributed by atoms with Crippen molar-refractivity contribution in [2.24, 2.45) is 0 Å². The maximum absolute atomic E-state index is 12.8. The van der Waals surface area contributed by atoms with Crippen LogP contribution in [-0.4, -0.2) is 17.6 Å². The molecule has 2 unspecified atom stereocenters. The van der Waals surface area contributed by atoms with Gasteiger partial charge < -0.3 is 14.8 Å². The summed E-state index contributed by atoms with van der Waals surface area (Å²) in [5, 5.41) is 3.16. The summed E-state index contributed by atoms with van der Waals surface area (Å²) in [5.41, 5.74) is 4.04. The largest absolute Gasteiger partial charge is 0.487 e. The molecule has 0 radical (unpaired) electrons. The molecule has 0 saturated carbocycles. The van der Waals surface area contributed by atoms with E-state index in [2.05, 4.69) is 18.3 Å². The van der Waals surface area contributed by atoms with Crippen LogP contribution in [0, 0.1) is 20.8 Å². The van der Waals surface area contributed by atoms with Gasteiger partial charge in [0, 0.05) is 12.0 Å². The Morgan fingerprint density at radius 3 is 2.67 bits per heavy atom. The zero-order chi connectivity index (χ0) is 19.8. The van der Waals surface area contributed by atoms with Crippen molar-refractivity contribution < 1.29 is 14.3 Å². The molecule has 144 valence electrons. The van der Waals surface area contributed by atoms with Gasteiger partial charge in [0.05, 0.1) is 6.04 Å². The quantitative estimate of drug-likeness (QED) is 0.844. The Morgan fingerprint density at radius 2 is 1.93 bits per heavy atom. The zero-order valence-corrected chi connectivity index (χ0v) is 17.1. The number of aryl methyl sites for hydroxylation is 2. The predicted molar refractivity (Wildman–Crippen MR) is 107 cm³/mol. The van der Waals surface area contributed by atoms with Crippen molar-refractivity contribution in [1.29, 1.82) is 0 Å². The number of amides is 1. The standard InChI is InChI=1S/C23H29NO3/c1-14-11-15(2)16(3)21(12-14)26-17(4)22(25)24-19-13-23(5,6)27-20-10-8-7-9-18(19)20/h7-12,17,19H,13H2,1-6H3,(H,24,25). The number of fused-ring (bicyclic) bond motifs is 1. The summed E-state index contributed by atoms with van der Waals surface area (Å²) in [4.78, 5) is 12.8. The third-order valence-corrected chi connectivity index (χ3v) is 5.13. The number of hydrogen-bond acceptors (Lipinski definition) is 3. The number of hydrogen-bond donors (Lipinski definition) is 1. The second kappa shape index (κ2) is 7.26. The molecule has 1 amide bonds. The molecule has 27 heavy (non-hydrogen) atoms. The van der Waals surface area contributed by atoms with Crippen LogP contribution in [0.4, 0.5) is 0 Å². The molecule has 1 N–H and O–H groups in total. The van der Waals surface area contributed by atoms with Crippen molar-refractivity contribution in [2.75, 3.05) is 0 Å². The Kier molecular flexibility index (Phi) is 5.18. The molecule has 0 aromatic heterocycles. The van der Waals surface area contributed by atoms with Crippen LogP contribution in [0.1, 0.15) is 55.5 Å². The Hall–Kier alpha value is -2.49. The van der Waals surface area contributed by atoms with Gasteiger partial charge in [-0.05, 0) is 70.4 Å². The van der Waals surface area contributed by atoms with Gasteiger partial charge in [-0.3, -0.25) is 4.79 Å². The lowest BCUT2D eigenvalue weighted by molar-refractivity contribution is -0.128. The van der Waals surface area contributed by atoms with Gasteiger partial charge in [0.25, 0.3) is 5.91 Å². The fourth-order valence-corrected chi connectivity index (χ4v) is 3.59. The van der Waals surface area contributed by atoms with Gasteiger partial charge in [0.1, 0.15) is 17.1 Å². The molecule has 0 spiro atoms. The first-order valence-electron chi connectivity index (χ1n) is 9.49. The lowest BCUT2D eigenvalue weighted by atomic mass is 9.89. The van der Waals surface area contributed by atoms with Crippen LogP contribution in [0.15, 0.2) is 36.4 Å². The van der Waals surface area contributed by atoms with Gasteiger partial charge in [-0.2, -0.15) is 0 Å². The van der Waals surface area contributed by atoms with Crippen molar-refractivity contribution >= 4 is 5.91 Å². The lowest BCUT2D eigenvalue weighted by Crippen LogP contribution is -2.44. The first-order chi connectivity index (χ1) is 12.7. The summed E-state index contributed by atoms with van der Waals surface area (Å²) in [5.74, 6) is 1.48. The summed E-state index contributed by atoms with van der Waals surface area (Å²) in [6, 6.07) is 11.9. The molecular weight excluding hydrogens is 338 g/mol. The molecule has 1 heterocycles. The van der Waals surface area contributed by atoms with E-state index < -0.39 is 6.10 Å². The molecule has 2 atom stereocenters. The van der Waals surface area contributed by atoms with Crippen LogP contribution in [-0.2, 0) is 4.79 Å². The molecule has 3 rings (SSSR count). The van der Waals surface area contributed by atoms with Crippen LogP contribution in [0.3, 0.4) is 0 Å². The van der Waals surface area contributed by atoms with Crippen LogP contribution < -0.4 is 14.8 Å². The van der Waals surface area contributed by atoms with Crippen molar-refractivity contribution in [3.05, 3.63) is 58.7 Å². The van der Waals surface area contributed by atoms with Crippen molar-refractivity contribution in [3.8, 4) is 11.5 Å². The maximum Gasteiger partial charge on any atom is 0.261 e. The zero-order valence-electron chi connectivity index (χ0n) is 17.1. The first kappa shape index (κ1) is 19.3. The SMILES string of the molecule is Cc1cc(C)c(C)c(OC(C)C(=O)NC2CC(C)(C)Oc3ccccc32)c1. The number of ether oxygens (including phenoxy) is 2. The topological polar surface area (TPSA) is 47.6 Å². The molecule has 4 heteroatoms. The molecule has 1 aliphatic rings. The second-order valence-corrected chi connectivity index (χ2v) is 8.13. The summed E-state index contributed by atoms with van der Waals surface area (Å²) in [6.45, 7) is 12.0. The summed E-state index contributed by atoms with van der Waals surface area (Å²) < 4.78 is 12.1. The summed E-state index contributed by atoms with van der Waals surface area (Å²) in [7, 11) is 0. The number of benzene rings is 2. The van der Waals surface area contributed by atoms with Gasteiger partial charge in [0.2, 0.25) is 0 Å². The highest BCUT2D eigenvalue weighted by atomic mass is 16.5. The number of para-hydroxylation sites is 1. The van der Waals surface area contributed by atoms with Crippen LogP contribution in [0.25, 0.3) is 0 Å². The molecule has 1 aliphatic heterocycles. The molecular formula is C23H29NO3. The van der Waals surface area contributed by atoms with Crippen molar-refractivity contribution in [1.82, 2.24) is 5.32 Å². The third kappa shape index (κ3) is 4.26. The highest BCUT2D eigenvalue weighted by Gasteiger charge is 2.35. The smallest absolute Gasteiger partial charge is 0.261 e. The molecule has 4 nitrogen and oxygen atoms in total. The third-order valence-electron chi connectivity index (χ3n) is 5.13. The molecule has 0 aliphatic carbocycles. The molecule has 2 aromatic carbocycles. The molecule has 2 aromatic rings. The van der Waals surface area contributed by atoms with Gasteiger partial charge in [-0.15, -0.1) is 0 Å². The van der Waals surface area contributed by atoms with E-state index in [4.69, 9.17) is 9.47 Å². The van der Waals surface area contributed by atoms with Crippen LogP contribution in [0.2, 0.25) is 0 Å². The van der Waals surface area contributed by atoms with Gasteiger partial charge in [0.15, 0.2) is 6.10 Å². The summed E-state index contributed by atoms with van der Waals surface area (Å²) in [6.07, 6.45) is 0.133. The monoisotopic (exact) mass is 367 g/mol. The Morgan fingerprint density at radius 1 is 1.22 bits per heavy atom. The fraction of sp³-hybridized carbons (Fsp3) is 0.435. The predicted octanol–water partition coefficient (Wildman–Crippen LogP) is 4.80. The van der Waals surface area contributed by atoms with Crippen LogP contribution in [0.5, 0.6) is 11.5 Å². The van der Waals surface area contributed by atoms with E-state index in [0.717, 1.165) is 33.8 Å². The van der Waals surface area contributed by atoms with E-state index in [9.17, 15) is 4.79 Å². The minimum absolute atomic E-state index is 0.0937. The molecule has 0 bridgehead atoms. The Bertz CT molecular complexity index is 857. The maximum atomic E-state index is 12.8. The second-order valence-electron chi connectivity index (χ2n) is 8.13. The number of carbonyl (C=O) groups excluding carboxylic acids is 1. The van der Waals surface area contributed by atoms with Gasteiger partial charge in [-0.1, -0.05) is 24.3 Å². The van der Waals surface area contributed by atoms with E-state index in [1.807, 2.05) is 58.0 Å². The van der Waals surface area contributed by atoms with E-state index >= 15 is 0 Å². The highest BCUT2D eigenvalue weighted by Crippen LogP contribution is 2.39. The Labute approximate surface area is 161 Å². The molecule has 0 saturated heterocycles. The number of rotatable bonds is 4. The average Bonchev–Trinajstić information content (AvgIpc) is 2.58. The van der Waals surface area contributed by atoms with E-state index in [1.165, 1.54) is 0 Å².